The summed E-state index contributed by atoms with van der Waals surface area (Å²) in [6.07, 6.45) is 0. The highest BCUT2D eigenvalue weighted by Gasteiger charge is 2.18. The summed E-state index contributed by atoms with van der Waals surface area (Å²) in [5, 5.41) is 6.81. The molecule has 0 saturated heterocycles. The van der Waals surface area contributed by atoms with E-state index in [0.717, 1.165) is 11.4 Å². The lowest BCUT2D eigenvalue weighted by Gasteiger charge is -2.16. The molecule has 23 heavy (non-hydrogen) atoms. The molecule has 0 radical (unpaired) electrons. The Labute approximate surface area is 134 Å². The van der Waals surface area contributed by atoms with Crippen LogP contribution < -0.4 is 5.32 Å². The molecule has 124 valence electrons. The first-order chi connectivity index (χ1) is 10.8. The van der Waals surface area contributed by atoms with Crippen LogP contribution in [0, 0.1) is 19.8 Å². The maximum atomic E-state index is 12.0. The third kappa shape index (κ3) is 4.02. The lowest BCUT2D eigenvalue weighted by Crippen LogP contribution is -2.38. The lowest BCUT2D eigenvalue weighted by molar-refractivity contribution is -0.125. The van der Waals surface area contributed by atoms with Crippen LogP contribution in [0.1, 0.15) is 42.8 Å². The number of carbonyl (C=O) groups is 2. The first-order valence-electron chi connectivity index (χ1n) is 7.45. The number of nitrogens with zero attached hydrogens (tertiary/aromatic N) is 4. The van der Waals surface area contributed by atoms with Crippen molar-refractivity contribution in [1.29, 1.82) is 0 Å². The second kappa shape index (κ2) is 6.72. The smallest absolute Gasteiger partial charge is 0.378 e. The zero-order valence-electron chi connectivity index (χ0n) is 14.0. The molecule has 2 heterocycles. The van der Waals surface area contributed by atoms with Crippen LogP contribution >= 0.6 is 0 Å². The van der Waals surface area contributed by atoms with Gasteiger partial charge in [-0.1, -0.05) is 13.8 Å². The van der Waals surface area contributed by atoms with Crippen LogP contribution in [0.5, 0.6) is 0 Å². The summed E-state index contributed by atoms with van der Waals surface area (Å²) in [6, 6.07) is 1.83. The van der Waals surface area contributed by atoms with Crippen molar-refractivity contribution >= 4 is 17.7 Å². The molecule has 2 aromatic heterocycles. The Morgan fingerprint density at radius 1 is 1.26 bits per heavy atom. The number of hydrogen-bond acceptors (Lipinski definition) is 6. The maximum absolute atomic E-state index is 12.0. The van der Waals surface area contributed by atoms with Crippen molar-refractivity contribution in [3.8, 4) is 0 Å². The molecule has 1 amide bonds. The molecular formula is C15H21N5O3. The monoisotopic (exact) mass is 319 g/mol. The number of esters is 1. The molecule has 0 bridgehead atoms. The third-order valence-electron chi connectivity index (χ3n) is 3.52. The molecule has 8 heteroatoms. The summed E-state index contributed by atoms with van der Waals surface area (Å²) in [5.41, 5.74) is 1.59. The average Bonchev–Trinajstić information content (AvgIpc) is 2.88. The summed E-state index contributed by atoms with van der Waals surface area (Å²) in [6.45, 7) is 9.19. The molecule has 0 aliphatic heterocycles. The van der Waals surface area contributed by atoms with Crippen molar-refractivity contribution in [2.45, 2.75) is 40.7 Å². The number of amides is 1. The van der Waals surface area contributed by atoms with Crippen LogP contribution in [0.15, 0.2) is 6.07 Å². The minimum Gasteiger partial charge on any atom is -0.450 e. The van der Waals surface area contributed by atoms with Gasteiger partial charge in [0.05, 0.1) is 0 Å². The van der Waals surface area contributed by atoms with Gasteiger partial charge in [0.15, 0.2) is 6.61 Å². The SMILES string of the molecule is Cc1cc(C)n2nc(C(=O)OCC(=O)N[C@H](C)C(C)C)nc2n1. The number of carbonyl (C=O) groups excluding carboxylic acids is 2. The number of ether oxygens (including phenoxy) is 1. The van der Waals surface area contributed by atoms with Gasteiger partial charge in [-0.15, -0.1) is 5.10 Å². The molecule has 0 aromatic carbocycles. The zero-order chi connectivity index (χ0) is 17.1. The molecule has 0 fully saturated rings. The largest absolute Gasteiger partial charge is 0.450 e. The fraction of sp³-hybridized carbons (Fsp3) is 0.533. The second-order valence-corrected chi connectivity index (χ2v) is 5.86. The van der Waals surface area contributed by atoms with Crippen LogP contribution in [0.25, 0.3) is 5.78 Å². The standard InChI is InChI=1S/C15H21N5O3/c1-8(2)11(5)17-12(21)7-23-14(22)13-18-15-16-9(3)6-10(4)20(15)19-13/h6,8,11H,7H2,1-5H3,(H,17,21)/t11-/m1/s1. The molecule has 8 nitrogen and oxygen atoms in total. The normalized spacial score (nSPS) is 12.4. The molecule has 2 aromatic rings. The van der Waals surface area contributed by atoms with E-state index in [4.69, 9.17) is 4.74 Å². The van der Waals surface area contributed by atoms with Crippen molar-refractivity contribution in [2.75, 3.05) is 6.61 Å². The molecule has 2 rings (SSSR count). The maximum Gasteiger partial charge on any atom is 0.378 e. The highest BCUT2D eigenvalue weighted by atomic mass is 16.5. The van der Waals surface area contributed by atoms with Crippen molar-refractivity contribution in [1.82, 2.24) is 24.9 Å². The Balaban J connectivity index is 2.01. The highest BCUT2D eigenvalue weighted by molar-refractivity contribution is 5.88. The third-order valence-corrected chi connectivity index (χ3v) is 3.52. The molecule has 0 unspecified atom stereocenters. The fourth-order valence-electron chi connectivity index (χ4n) is 1.91. The Morgan fingerprint density at radius 3 is 2.61 bits per heavy atom. The Kier molecular flexibility index (Phi) is 4.92. The summed E-state index contributed by atoms with van der Waals surface area (Å²) >= 11 is 0. The van der Waals surface area contributed by atoms with Crippen molar-refractivity contribution < 1.29 is 14.3 Å². The van der Waals surface area contributed by atoms with E-state index >= 15 is 0 Å². The van der Waals surface area contributed by atoms with E-state index in [1.165, 1.54) is 4.52 Å². The van der Waals surface area contributed by atoms with Crippen LogP contribution in [-0.4, -0.2) is 44.1 Å². The molecule has 0 saturated carbocycles. The number of aryl methyl sites for hydroxylation is 2. The van der Waals surface area contributed by atoms with Gasteiger partial charge >= 0.3 is 5.97 Å². The van der Waals surface area contributed by atoms with Gasteiger partial charge in [0.1, 0.15) is 0 Å². The minimum absolute atomic E-state index is 0.00402. The van der Waals surface area contributed by atoms with Crippen molar-refractivity contribution in [3.63, 3.8) is 0 Å². The number of fused-ring (bicyclic) bond motifs is 1. The van der Waals surface area contributed by atoms with E-state index < -0.39 is 5.97 Å². The summed E-state index contributed by atoms with van der Waals surface area (Å²) in [5.74, 6) is -0.594. The van der Waals surface area contributed by atoms with E-state index in [1.54, 1.807) is 0 Å². The quantitative estimate of drug-likeness (QED) is 0.827. The minimum atomic E-state index is -0.750. The number of rotatable bonds is 5. The summed E-state index contributed by atoms with van der Waals surface area (Å²) < 4.78 is 6.42. The Hall–Kier alpha value is -2.51. The number of nitrogens with one attached hydrogen (secondary N) is 1. The van der Waals surface area contributed by atoms with E-state index in [9.17, 15) is 9.59 Å². The van der Waals surface area contributed by atoms with Crippen molar-refractivity contribution in [2.24, 2.45) is 5.92 Å². The number of aromatic nitrogens is 4. The van der Waals surface area contributed by atoms with E-state index in [2.05, 4.69) is 20.4 Å². The van der Waals surface area contributed by atoms with Gasteiger partial charge in [-0.05, 0) is 32.8 Å². The van der Waals surface area contributed by atoms with Crippen molar-refractivity contribution in [3.05, 3.63) is 23.3 Å². The summed E-state index contributed by atoms with van der Waals surface area (Å²) in [4.78, 5) is 31.9. The molecule has 1 atom stereocenters. The zero-order valence-corrected chi connectivity index (χ0v) is 14.0. The van der Waals surface area contributed by atoms with Gasteiger partial charge in [0.25, 0.3) is 17.5 Å². The molecule has 0 aliphatic carbocycles. The van der Waals surface area contributed by atoms with E-state index in [1.807, 2.05) is 40.7 Å². The van der Waals surface area contributed by atoms with E-state index in [-0.39, 0.29) is 24.4 Å². The number of hydrogen-bond donors (Lipinski definition) is 1. The Morgan fingerprint density at radius 2 is 1.96 bits per heavy atom. The van der Waals surface area contributed by atoms with Crippen LogP contribution in [0.2, 0.25) is 0 Å². The van der Waals surface area contributed by atoms with Gasteiger partial charge in [0.2, 0.25) is 0 Å². The van der Waals surface area contributed by atoms with Crippen LogP contribution in [0.4, 0.5) is 0 Å². The first kappa shape index (κ1) is 16.9. The molecular weight excluding hydrogens is 298 g/mol. The topological polar surface area (TPSA) is 98.5 Å². The van der Waals surface area contributed by atoms with Gasteiger partial charge in [-0.3, -0.25) is 4.79 Å². The molecule has 0 spiro atoms. The second-order valence-electron chi connectivity index (χ2n) is 5.86. The van der Waals surface area contributed by atoms with Gasteiger partial charge in [0, 0.05) is 17.4 Å². The highest BCUT2D eigenvalue weighted by Crippen LogP contribution is 2.06. The van der Waals surface area contributed by atoms with Gasteiger partial charge < -0.3 is 10.1 Å². The van der Waals surface area contributed by atoms with Gasteiger partial charge in [-0.2, -0.15) is 4.98 Å². The van der Waals surface area contributed by atoms with Crippen LogP contribution in [0.3, 0.4) is 0 Å². The lowest BCUT2D eigenvalue weighted by atomic mass is 10.1. The predicted molar refractivity (Wildman–Crippen MR) is 83.0 cm³/mol. The van der Waals surface area contributed by atoms with Crippen LogP contribution in [-0.2, 0) is 9.53 Å². The Bertz CT molecular complexity index is 738. The fourth-order valence-corrected chi connectivity index (χ4v) is 1.91. The molecule has 0 aliphatic rings. The summed E-state index contributed by atoms with van der Waals surface area (Å²) in [7, 11) is 0. The van der Waals surface area contributed by atoms with E-state index in [0.29, 0.717) is 11.7 Å². The first-order valence-corrected chi connectivity index (χ1v) is 7.45. The molecule has 1 N–H and O–H groups in total. The van der Waals surface area contributed by atoms with Gasteiger partial charge in [-0.25, -0.2) is 14.3 Å². The predicted octanol–water partition coefficient (Wildman–Crippen LogP) is 1.06. The average molecular weight is 319 g/mol.